The Hall–Kier alpha value is -3.51. The van der Waals surface area contributed by atoms with Crippen LogP contribution >= 0.6 is 11.6 Å². The molecule has 4 rings (SSSR count). The number of halogens is 1. The predicted octanol–water partition coefficient (Wildman–Crippen LogP) is 4.87. The number of amides is 1. The lowest BCUT2D eigenvalue weighted by Crippen LogP contribution is -2.29. The number of Topliss-reactive ketones (excluding diaryl/α,β-unsaturated/α-hetero) is 1. The van der Waals surface area contributed by atoms with E-state index in [9.17, 15) is 14.7 Å². The van der Waals surface area contributed by atoms with E-state index in [0.717, 1.165) is 11.1 Å². The van der Waals surface area contributed by atoms with Crippen LogP contribution in [-0.2, 0) is 16.1 Å². The Morgan fingerprint density at radius 1 is 1.16 bits per heavy atom. The second-order valence-electron chi connectivity index (χ2n) is 7.21. The highest BCUT2D eigenvalue weighted by Crippen LogP contribution is 2.42. The normalized spacial score (nSPS) is 17.9. The number of likely N-dealkylation sites (tertiary alicyclic amines) is 1. The molecule has 1 aromatic heterocycles. The van der Waals surface area contributed by atoms with E-state index in [2.05, 4.69) is 0 Å². The van der Waals surface area contributed by atoms with Crippen molar-refractivity contribution in [1.29, 1.82) is 0 Å². The molecule has 0 aliphatic carbocycles. The largest absolute Gasteiger partial charge is 0.507 e. The SMILES string of the molecule is COc1ccc(/C(O)=C2\C(=O)C(=O)N(Cc3ccco3)C2c2ccccc2C)cc1Cl. The van der Waals surface area contributed by atoms with Gasteiger partial charge in [-0.15, -0.1) is 0 Å². The molecule has 2 aromatic carbocycles. The maximum absolute atomic E-state index is 13.1. The summed E-state index contributed by atoms with van der Waals surface area (Å²) in [4.78, 5) is 27.5. The van der Waals surface area contributed by atoms with E-state index >= 15 is 0 Å². The van der Waals surface area contributed by atoms with Crippen LogP contribution in [0, 0.1) is 6.92 Å². The van der Waals surface area contributed by atoms with Crippen molar-refractivity contribution >= 4 is 29.1 Å². The molecule has 6 nitrogen and oxygen atoms in total. The number of benzene rings is 2. The monoisotopic (exact) mass is 437 g/mol. The van der Waals surface area contributed by atoms with Gasteiger partial charge >= 0.3 is 0 Å². The molecule has 0 bridgehead atoms. The number of aliphatic hydroxyl groups is 1. The molecule has 1 saturated heterocycles. The maximum Gasteiger partial charge on any atom is 0.296 e. The minimum absolute atomic E-state index is 0.00656. The summed E-state index contributed by atoms with van der Waals surface area (Å²) in [7, 11) is 1.49. The molecular weight excluding hydrogens is 418 g/mol. The second kappa shape index (κ2) is 8.32. The number of furan rings is 1. The van der Waals surface area contributed by atoms with Gasteiger partial charge in [0.15, 0.2) is 0 Å². The van der Waals surface area contributed by atoms with Crippen LogP contribution in [0.3, 0.4) is 0 Å². The fraction of sp³-hybridized carbons (Fsp3) is 0.167. The highest BCUT2D eigenvalue weighted by molar-refractivity contribution is 6.46. The number of rotatable bonds is 5. The van der Waals surface area contributed by atoms with Crippen LogP contribution in [0.4, 0.5) is 0 Å². The van der Waals surface area contributed by atoms with Crippen LogP contribution in [0.15, 0.2) is 70.9 Å². The van der Waals surface area contributed by atoms with Gasteiger partial charge in [-0.05, 0) is 48.4 Å². The third-order valence-electron chi connectivity index (χ3n) is 5.35. The number of aryl methyl sites for hydroxylation is 1. The Bertz CT molecular complexity index is 1180. The fourth-order valence-corrected chi connectivity index (χ4v) is 4.06. The number of methoxy groups -OCH3 is 1. The molecule has 1 fully saturated rings. The summed E-state index contributed by atoms with van der Waals surface area (Å²) in [5.41, 5.74) is 1.96. The van der Waals surface area contributed by atoms with E-state index in [1.807, 2.05) is 31.2 Å². The molecule has 3 aromatic rings. The topological polar surface area (TPSA) is 80.0 Å². The van der Waals surface area contributed by atoms with Gasteiger partial charge in [0.1, 0.15) is 17.3 Å². The zero-order valence-electron chi connectivity index (χ0n) is 17.0. The third-order valence-corrected chi connectivity index (χ3v) is 5.65. The predicted molar refractivity (Wildman–Crippen MR) is 116 cm³/mol. The van der Waals surface area contributed by atoms with Crippen LogP contribution in [0.1, 0.15) is 28.5 Å². The minimum Gasteiger partial charge on any atom is -0.507 e. The number of carbonyl (C=O) groups excluding carboxylic acids is 2. The molecule has 7 heteroatoms. The quantitative estimate of drug-likeness (QED) is 0.350. The molecule has 0 saturated carbocycles. The van der Waals surface area contributed by atoms with Gasteiger partial charge in [-0.2, -0.15) is 0 Å². The Kier molecular flexibility index (Phi) is 5.57. The Labute approximate surface area is 184 Å². The van der Waals surface area contributed by atoms with Crippen molar-refractivity contribution in [3.8, 4) is 5.75 Å². The highest BCUT2D eigenvalue weighted by Gasteiger charge is 2.46. The first-order valence-corrected chi connectivity index (χ1v) is 10.0. The van der Waals surface area contributed by atoms with E-state index in [-0.39, 0.29) is 22.9 Å². The summed E-state index contributed by atoms with van der Waals surface area (Å²) in [6.45, 7) is 1.99. The first kappa shape index (κ1) is 20.8. The van der Waals surface area contributed by atoms with Crippen molar-refractivity contribution in [2.24, 2.45) is 0 Å². The second-order valence-corrected chi connectivity index (χ2v) is 7.62. The zero-order valence-corrected chi connectivity index (χ0v) is 17.7. The smallest absolute Gasteiger partial charge is 0.296 e. The Balaban J connectivity index is 1.89. The average Bonchev–Trinajstić information content (AvgIpc) is 3.36. The maximum atomic E-state index is 13.1. The van der Waals surface area contributed by atoms with Gasteiger partial charge in [-0.3, -0.25) is 9.59 Å². The molecule has 1 N–H and O–H groups in total. The molecule has 2 heterocycles. The highest BCUT2D eigenvalue weighted by atomic mass is 35.5. The number of carbonyl (C=O) groups is 2. The molecule has 0 radical (unpaired) electrons. The summed E-state index contributed by atoms with van der Waals surface area (Å²) >= 11 is 6.21. The fourth-order valence-electron chi connectivity index (χ4n) is 3.80. The standard InChI is InChI=1S/C24H20ClNO5/c1-14-6-3-4-8-17(14)21-20(22(27)15-9-10-19(30-2)18(25)12-15)23(28)24(29)26(21)13-16-7-5-11-31-16/h3-12,21,27H,13H2,1-2H3/b22-20+. The van der Waals surface area contributed by atoms with E-state index in [4.69, 9.17) is 20.8 Å². The van der Waals surface area contributed by atoms with E-state index in [1.54, 1.807) is 24.3 Å². The van der Waals surface area contributed by atoms with Crippen molar-refractivity contribution < 1.29 is 23.8 Å². The summed E-state index contributed by atoms with van der Waals surface area (Å²) in [5.74, 6) is -0.784. The van der Waals surface area contributed by atoms with Gasteiger partial charge in [0, 0.05) is 5.56 Å². The van der Waals surface area contributed by atoms with E-state index < -0.39 is 17.7 Å². The number of ketones is 1. The number of ether oxygens (including phenoxy) is 1. The number of nitrogens with zero attached hydrogens (tertiary/aromatic N) is 1. The Morgan fingerprint density at radius 2 is 1.94 bits per heavy atom. The van der Waals surface area contributed by atoms with Crippen molar-refractivity contribution in [2.45, 2.75) is 19.5 Å². The van der Waals surface area contributed by atoms with Crippen LogP contribution < -0.4 is 4.74 Å². The van der Waals surface area contributed by atoms with Gasteiger partial charge in [0.05, 0.1) is 36.6 Å². The summed E-state index contributed by atoms with van der Waals surface area (Å²) < 4.78 is 10.6. The lowest BCUT2D eigenvalue weighted by Gasteiger charge is -2.25. The van der Waals surface area contributed by atoms with E-state index in [1.165, 1.54) is 24.3 Å². The molecule has 1 unspecified atom stereocenters. The van der Waals surface area contributed by atoms with E-state index in [0.29, 0.717) is 17.1 Å². The Morgan fingerprint density at radius 3 is 2.58 bits per heavy atom. The number of hydrogen-bond acceptors (Lipinski definition) is 5. The lowest BCUT2D eigenvalue weighted by atomic mass is 9.92. The molecule has 1 amide bonds. The molecule has 1 aliphatic rings. The van der Waals surface area contributed by atoms with Gasteiger partial charge in [0.2, 0.25) is 0 Å². The minimum atomic E-state index is -0.771. The van der Waals surface area contributed by atoms with Crippen LogP contribution in [0.5, 0.6) is 5.75 Å². The van der Waals surface area contributed by atoms with Crippen molar-refractivity contribution in [3.63, 3.8) is 0 Å². The van der Waals surface area contributed by atoms with Gasteiger partial charge in [0.25, 0.3) is 11.7 Å². The molecule has 1 aliphatic heterocycles. The lowest BCUT2D eigenvalue weighted by molar-refractivity contribution is -0.140. The molecule has 0 spiro atoms. The van der Waals surface area contributed by atoms with Crippen molar-refractivity contribution in [1.82, 2.24) is 4.90 Å². The average molecular weight is 438 g/mol. The summed E-state index contributed by atoms with van der Waals surface area (Å²) in [6.07, 6.45) is 1.51. The van der Waals surface area contributed by atoms with Crippen LogP contribution in [0.25, 0.3) is 5.76 Å². The van der Waals surface area contributed by atoms with Gasteiger partial charge < -0.3 is 19.2 Å². The number of aliphatic hydroxyl groups excluding tert-OH is 1. The third kappa shape index (κ3) is 3.70. The molecule has 158 valence electrons. The van der Waals surface area contributed by atoms with Crippen LogP contribution in [-0.4, -0.2) is 28.8 Å². The number of hydrogen-bond donors (Lipinski definition) is 1. The van der Waals surface area contributed by atoms with Gasteiger partial charge in [-0.1, -0.05) is 35.9 Å². The first-order chi connectivity index (χ1) is 14.9. The first-order valence-electron chi connectivity index (χ1n) is 9.62. The summed E-state index contributed by atoms with van der Waals surface area (Å²) in [6, 6.07) is 14.8. The molecule has 1 atom stereocenters. The zero-order chi connectivity index (χ0) is 22.1. The van der Waals surface area contributed by atoms with Crippen LogP contribution in [0.2, 0.25) is 5.02 Å². The van der Waals surface area contributed by atoms with Crippen molar-refractivity contribution in [2.75, 3.05) is 7.11 Å². The van der Waals surface area contributed by atoms with Gasteiger partial charge in [-0.25, -0.2) is 0 Å². The molecule has 31 heavy (non-hydrogen) atoms. The van der Waals surface area contributed by atoms with Crippen molar-refractivity contribution in [3.05, 3.63) is 93.9 Å². The molecular formula is C24H20ClNO5. The summed E-state index contributed by atoms with van der Waals surface area (Å²) in [5, 5.41) is 11.4.